The van der Waals surface area contributed by atoms with Gasteiger partial charge in [-0.15, -0.1) is 6.58 Å². The predicted molar refractivity (Wildman–Crippen MR) is 74.1 cm³/mol. The smallest absolute Gasteiger partial charge is 0.329 e. The van der Waals surface area contributed by atoms with Crippen LogP contribution < -0.4 is 0 Å². The lowest BCUT2D eigenvalue weighted by Gasteiger charge is -2.37. The Morgan fingerprint density at radius 2 is 2.16 bits per heavy atom. The lowest BCUT2D eigenvalue weighted by Crippen LogP contribution is -2.56. The first-order valence-electron chi connectivity index (χ1n) is 6.94. The van der Waals surface area contributed by atoms with Crippen LogP contribution in [0.15, 0.2) is 12.7 Å². The molecule has 0 aromatic rings. The maximum absolute atomic E-state index is 12.5. The molecule has 1 N–H and O–H groups in total. The number of amides is 2. The number of likely N-dealkylation sites (N-methyl/N-ethyl adjacent to an activating group) is 1. The molecule has 0 aliphatic carbocycles. The number of carbonyl (C=O) groups excluding carboxylic acids is 1. The SMILES string of the molecule is C=CCN(CC)C(=O)N1CCCC1(CCC)C(=O)O. The molecule has 1 unspecified atom stereocenters. The summed E-state index contributed by atoms with van der Waals surface area (Å²) in [5.74, 6) is -0.880. The van der Waals surface area contributed by atoms with Crippen LogP contribution in [-0.4, -0.2) is 52.1 Å². The molecule has 0 bridgehead atoms. The van der Waals surface area contributed by atoms with Crippen molar-refractivity contribution in [2.75, 3.05) is 19.6 Å². The summed E-state index contributed by atoms with van der Waals surface area (Å²) in [5, 5.41) is 9.57. The van der Waals surface area contributed by atoms with Gasteiger partial charge in [0.1, 0.15) is 5.54 Å². The van der Waals surface area contributed by atoms with E-state index in [2.05, 4.69) is 6.58 Å². The van der Waals surface area contributed by atoms with E-state index in [9.17, 15) is 14.7 Å². The molecule has 1 fully saturated rings. The van der Waals surface area contributed by atoms with Crippen molar-refractivity contribution >= 4 is 12.0 Å². The normalized spacial score (nSPS) is 22.3. The lowest BCUT2D eigenvalue weighted by atomic mass is 9.91. The molecule has 2 amide bonds. The number of carboxylic acid groups (broad SMARTS) is 1. The molecule has 0 aromatic carbocycles. The van der Waals surface area contributed by atoms with E-state index in [0.29, 0.717) is 32.5 Å². The van der Waals surface area contributed by atoms with Gasteiger partial charge in [0.2, 0.25) is 0 Å². The molecule has 5 nitrogen and oxygen atoms in total. The Morgan fingerprint density at radius 3 is 2.63 bits per heavy atom. The summed E-state index contributed by atoms with van der Waals surface area (Å²) < 4.78 is 0. The van der Waals surface area contributed by atoms with Crippen molar-refractivity contribution in [1.82, 2.24) is 9.80 Å². The van der Waals surface area contributed by atoms with Crippen LogP contribution in [0.4, 0.5) is 4.79 Å². The number of likely N-dealkylation sites (tertiary alicyclic amines) is 1. The number of aliphatic carboxylic acids is 1. The summed E-state index contributed by atoms with van der Waals surface area (Å²) in [6.45, 7) is 9.01. The molecule has 1 aliphatic rings. The molecular weight excluding hydrogens is 244 g/mol. The molecule has 19 heavy (non-hydrogen) atoms. The average molecular weight is 268 g/mol. The number of rotatable bonds is 6. The van der Waals surface area contributed by atoms with Crippen LogP contribution in [0.2, 0.25) is 0 Å². The van der Waals surface area contributed by atoms with Gasteiger partial charge in [0.25, 0.3) is 0 Å². The number of nitrogens with zero attached hydrogens (tertiary/aromatic N) is 2. The van der Waals surface area contributed by atoms with Gasteiger partial charge in [-0.05, 0) is 26.2 Å². The van der Waals surface area contributed by atoms with E-state index in [1.54, 1.807) is 15.9 Å². The number of hydrogen-bond donors (Lipinski definition) is 1. The topological polar surface area (TPSA) is 60.9 Å². The Bertz CT molecular complexity index is 357. The first kappa shape index (κ1) is 15.5. The summed E-state index contributed by atoms with van der Waals surface area (Å²) in [4.78, 5) is 27.3. The first-order chi connectivity index (χ1) is 9.03. The fourth-order valence-corrected chi connectivity index (χ4v) is 2.83. The van der Waals surface area contributed by atoms with Gasteiger partial charge in [-0.2, -0.15) is 0 Å². The van der Waals surface area contributed by atoms with Crippen LogP contribution in [0.5, 0.6) is 0 Å². The van der Waals surface area contributed by atoms with Gasteiger partial charge in [-0.25, -0.2) is 9.59 Å². The quantitative estimate of drug-likeness (QED) is 0.752. The predicted octanol–water partition coefficient (Wildman–Crippen LogP) is 2.33. The third-order valence-corrected chi connectivity index (χ3v) is 3.78. The number of carbonyl (C=O) groups is 2. The molecule has 1 heterocycles. The van der Waals surface area contributed by atoms with E-state index >= 15 is 0 Å². The highest BCUT2D eigenvalue weighted by atomic mass is 16.4. The van der Waals surface area contributed by atoms with Gasteiger partial charge >= 0.3 is 12.0 Å². The first-order valence-corrected chi connectivity index (χ1v) is 6.94. The summed E-state index contributed by atoms with van der Waals surface area (Å²) >= 11 is 0. The summed E-state index contributed by atoms with van der Waals surface area (Å²) in [5.41, 5.74) is -1.01. The minimum Gasteiger partial charge on any atom is -0.479 e. The largest absolute Gasteiger partial charge is 0.479 e. The summed E-state index contributed by atoms with van der Waals surface area (Å²) in [7, 11) is 0. The van der Waals surface area contributed by atoms with E-state index in [4.69, 9.17) is 0 Å². The zero-order valence-corrected chi connectivity index (χ0v) is 11.9. The molecular formula is C14H24N2O3. The van der Waals surface area contributed by atoms with Crippen molar-refractivity contribution in [3.8, 4) is 0 Å². The number of urea groups is 1. The van der Waals surface area contributed by atoms with Crippen molar-refractivity contribution in [2.45, 2.75) is 45.1 Å². The minimum atomic E-state index is -1.01. The zero-order chi connectivity index (χ0) is 14.5. The van der Waals surface area contributed by atoms with Gasteiger partial charge in [-0.1, -0.05) is 19.4 Å². The fourth-order valence-electron chi connectivity index (χ4n) is 2.83. The Kier molecular flexibility index (Phi) is 5.39. The van der Waals surface area contributed by atoms with Crippen molar-refractivity contribution in [1.29, 1.82) is 0 Å². The van der Waals surface area contributed by atoms with Crippen LogP contribution in [-0.2, 0) is 4.79 Å². The van der Waals surface area contributed by atoms with Crippen LogP contribution in [0.3, 0.4) is 0 Å². The molecule has 1 saturated heterocycles. The Balaban J connectivity index is 2.98. The highest BCUT2D eigenvalue weighted by molar-refractivity contribution is 5.87. The van der Waals surface area contributed by atoms with Gasteiger partial charge in [0, 0.05) is 19.6 Å². The monoisotopic (exact) mass is 268 g/mol. The molecule has 5 heteroatoms. The second-order valence-electron chi connectivity index (χ2n) is 4.95. The Morgan fingerprint density at radius 1 is 1.47 bits per heavy atom. The minimum absolute atomic E-state index is 0.184. The van der Waals surface area contributed by atoms with Crippen LogP contribution in [0.25, 0.3) is 0 Å². The van der Waals surface area contributed by atoms with Crippen LogP contribution in [0, 0.1) is 0 Å². The van der Waals surface area contributed by atoms with Crippen LogP contribution in [0.1, 0.15) is 39.5 Å². The van der Waals surface area contributed by atoms with Crippen molar-refractivity contribution in [3.63, 3.8) is 0 Å². The van der Waals surface area contributed by atoms with Gasteiger partial charge in [0.15, 0.2) is 0 Å². The van der Waals surface area contributed by atoms with E-state index in [1.807, 2.05) is 13.8 Å². The molecule has 0 radical (unpaired) electrons. The third-order valence-electron chi connectivity index (χ3n) is 3.78. The highest BCUT2D eigenvalue weighted by Gasteiger charge is 2.49. The van der Waals surface area contributed by atoms with E-state index in [-0.39, 0.29) is 6.03 Å². The van der Waals surface area contributed by atoms with Crippen molar-refractivity contribution in [2.24, 2.45) is 0 Å². The standard InChI is InChI=1S/C14H24N2O3/c1-4-8-14(12(17)18)9-7-11-16(14)13(19)15(6-3)10-5-2/h5H,2,4,6-11H2,1,3H3,(H,17,18). The van der Waals surface area contributed by atoms with E-state index in [0.717, 1.165) is 12.8 Å². The van der Waals surface area contributed by atoms with Crippen molar-refractivity contribution in [3.05, 3.63) is 12.7 Å². The maximum atomic E-state index is 12.5. The summed E-state index contributed by atoms with van der Waals surface area (Å²) in [6, 6.07) is -0.184. The lowest BCUT2D eigenvalue weighted by molar-refractivity contribution is -0.148. The second-order valence-corrected chi connectivity index (χ2v) is 4.95. The van der Waals surface area contributed by atoms with Gasteiger partial charge in [-0.3, -0.25) is 0 Å². The van der Waals surface area contributed by atoms with E-state index < -0.39 is 11.5 Å². The Hall–Kier alpha value is -1.52. The molecule has 0 spiro atoms. The zero-order valence-electron chi connectivity index (χ0n) is 11.9. The van der Waals surface area contributed by atoms with E-state index in [1.165, 1.54) is 0 Å². The molecule has 1 aliphatic heterocycles. The second kappa shape index (κ2) is 6.59. The molecule has 1 rings (SSSR count). The fraction of sp³-hybridized carbons (Fsp3) is 0.714. The maximum Gasteiger partial charge on any atom is 0.329 e. The highest BCUT2D eigenvalue weighted by Crippen LogP contribution is 2.34. The molecule has 0 aromatic heterocycles. The Labute approximate surface area is 114 Å². The summed E-state index contributed by atoms with van der Waals surface area (Å²) in [6.07, 6.45) is 4.24. The van der Waals surface area contributed by atoms with Crippen molar-refractivity contribution < 1.29 is 14.7 Å². The molecule has 1 atom stereocenters. The number of carboxylic acids is 1. The number of hydrogen-bond acceptors (Lipinski definition) is 2. The van der Waals surface area contributed by atoms with Crippen LogP contribution >= 0.6 is 0 Å². The molecule has 0 saturated carbocycles. The molecule has 108 valence electrons. The van der Waals surface area contributed by atoms with Gasteiger partial charge < -0.3 is 14.9 Å². The third kappa shape index (κ3) is 2.91. The average Bonchev–Trinajstić information content (AvgIpc) is 2.80. The van der Waals surface area contributed by atoms with Gasteiger partial charge in [0.05, 0.1) is 0 Å².